The van der Waals surface area contributed by atoms with Gasteiger partial charge in [0.1, 0.15) is 0 Å². The molecule has 5 nitrogen and oxygen atoms in total. The molecule has 1 amide bonds. The van der Waals surface area contributed by atoms with E-state index in [2.05, 4.69) is 5.10 Å². The normalized spacial score (nSPS) is 11.9. The second-order valence-electron chi connectivity index (χ2n) is 7.04. The van der Waals surface area contributed by atoms with Crippen LogP contribution in [0.5, 0.6) is 0 Å². The Labute approximate surface area is 175 Å². The first kappa shape index (κ1) is 20.8. The van der Waals surface area contributed by atoms with Crippen molar-refractivity contribution in [2.45, 2.75) is 39.8 Å². The van der Waals surface area contributed by atoms with Gasteiger partial charge in [-0.1, -0.05) is 61.0 Å². The van der Waals surface area contributed by atoms with E-state index in [0.717, 1.165) is 12.0 Å². The Morgan fingerprint density at radius 1 is 1.14 bits per heavy atom. The maximum atomic E-state index is 13.4. The average Bonchev–Trinajstić information content (AvgIpc) is 2.72. The van der Waals surface area contributed by atoms with Gasteiger partial charge in [0.2, 0.25) is 5.43 Å². The van der Waals surface area contributed by atoms with E-state index in [1.807, 2.05) is 56.3 Å². The molecule has 0 fully saturated rings. The molecular formula is C23H24ClN3O2. The molecule has 0 aliphatic carbocycles. The van der Waals surface area contributed by atoms with Crippen LogP contribution in [-0.2, 0) is 6.54 Å². The average molecular weight is 410 g/mol. The van der Waals surface area contributed by atoms with E-state index in [4.69, 9.17) is 11.6 Å². The Morgan fingerprint density at radius 3 is 2.45 bits per heavy atom. The van der Waals surface area contributed by atoms with Crippen molar-refractivity contribution in [3.8, 4) is 5.69 Å². The van der Waals surface area contributed by atoms with Crippen LogP contribution in [0.2, 0.25) is 5.02 Å². The number of rotatable bonds is 6. The highest BCUT2D eigenvalue weighted by Crippen LogP contribution is 2.20. The highest BCUT2D eigenvalue weighted by Gasteiger charge is 2.25. The third kappa shape index (κ3) is 4.57. The molecule has 2 aromatic carbocycles. The van der Waals surface area contributed by atoms with Gasteiger partial charge in [0, 0.05) is 24.3 Å². The number of para-hydroxylation sites is 1. The zero-order chi connectivity index (χ0) is 21.0. The molecule has 6 heteroatoms. The first-order valence-electron chi connectivity index (χ1n) is 9.63. The Bertz CT molecular complexity index is 1060. The summed E-state index contributed by atoms with van der Waals surface area (Å²) < 4.78 is 1.55. The molecule has 1 heterocycles. The zero-order valence-corrected chi connectivity index (χ0v) is 17.6. The summed E-state index contributed by atoms with van der Waals surface area (Å²) in [5, 5.41) is 4.90. The van der Waals surface area contributed by atoms with Crippen molar-refractivity contribution in [1.29, 1.82) is 0 Å². The minimum Gasteiger partial charge on any atom is -0.330 e. The van der Waals surface area contributed by atoms with Gasteiger partial charge in [-0.25, -0.2) is 4.68 Å². The van der Waals surface area contributed by atoms with Gasteiger partial charge < -0.3 is 4.90 Å². The minimum absolute atomic E-state index is 0.0426. The molecule has 0 N–H and O–H groups in total. The summed E-state index contributed by atoms with van der Waals surface area (Å²) in [5.74, 6) is -0.381. The predicted octanol–water partition coefficient (Wildman–Crippen LogP) is 4.64. The van der Waals surface area contributed by atoms with Crippen molar-refractivity contribution in [3.63, 3.8) is 0 Å². The van der Waals surface area contributed by atoms with E-state index in [1.165, 1.54) is 6.07 Å². The Hall–Kier alpha value is -2.92. The number of halogens is 1. The van der Waals surface area contributed by atoms with Crippen LogP contribution in [0, 0.1) is 6.92 Å². The number of amides is 1. The van der Waals surface area contributed by atoms with Crippen molar-refractivity contribution in [1.82, 2.24) is 14.7 Å². The van der Waals surface area contributed by atoms with Crippen LogP contribution in [0.25, 0.3) is 5.69 Å². The largest absolute Gasteiger partial charge is 0.330 e. The summed E-state index contributed by atoms with van der Waals surface area (Å²) in [6, 6.07) is 18.3. The molecule has 0 aliphatic heterocycles. The van der Waals surface area contributed by atoms with Crippen molar-refractivity contribution >= 4 is 17.5 Å². The second-order valence-corrected chi connectivity index (χ2v) is 7.44. The Balaban J connectivity index is 2.05. The summed E-state index contributed by atoms with van der Waals surface area (Å²) in [7, 11) is 0. The SMILES string of the molecule is CCC(C)N(Cc1ccccc1)C(=O)c1nn(-c2ccccc2Cl)c(C)cc1=O. The number of benzene rings is 2. The van der Waals surface area contributed by atoms with Gasteiger partial charge in [-0.2, -0.15) is 5.10 Å². The molecule has 0 saturated heterocycles. The van der Waals surface area contributed by atoms with Crippen LogP contribution < -0.4 is 5.43 Å². The van der Waals surface area contributed by atoms with Crippen molar-refractivity contribution in [3.05, 3.63) is 92.9 Å². The summed E-state index contributed by atoms with van der Waals surface area (Å²) in [5.41, 5.74) is 1.74. The summed E-state index contributed by atoms with van der Waals surface area (Å²) >= 11 is 6.31. The molecule has 0 bridgehead atoms. The van der Waals surface area contributed by atoms with Crippen LogP contribution in [-0.4, -0.2) is 26.6 Å². The van der Waals surface area contributed by atoms with Crippen molar-refractivity contribution in [2.75, 3.05) is 0 Å². The lowest BCUT2D eigenvalue weighted by molar-refractivity contribution is 0.0662. The number of aryl methyl sites for hydroxylation is 1. The van der Waals surface area contributed by atoms with E-state index < -0.39 is 5.43 Å². The summed E-state index contributed by atoms with van der Waals surface area (Å²) in [6.07, 6.45) is 0.767. The maximum absolute atomic E-state index is 13.4. The molecule has 3 aromatic rings. The van der Waals surface area contributed by atoms with E-state index >= 15 is 0 Å². The molecule has 0 radical (unpaired) electrons. The lowest BCUT2D eigenvalue weighted by atomic mass is 10.1. The van der Waals surface area contributed by atoms with Crippen molar-refractivity contribution in [2.24, 2.45) is 0 Å². The fourth-order valence-corrected chi connectivity index (χ4v) is 3.34. The van der Waals surface area contributed by atoms with E-state index in [1.54, 1.807) is 28.6 Å². The van der Waals surface area contributed by atoms with Gasteiger partial charge in [-0.15, -0.1) is 0 Å². The predicted molar refractivity (Wildman–Crippen MR) is 116 cm³/mol. The number of hydrogen-bond acceptors (Lipinski definition) is 3. The summed E-state index contributed by atoms with van der Waals surface area (Å²) in [4.78, 5) is 27.7. The lowest BCUT2D eigenvalue weighted by Gasteiger charge is -2.28. The minimum atomic E-state index is -0.392. The molecular weight excluding hydrogens is 386 g/mol. The van der Waals surface area contributed by atoms with Crippen LogP contribution in [0.3, 0.4) is 0 Å². The van der Waals surface area contributed by atoms with E-state index in [0.29, 0.717) is 22.9 Å². The van der Waals surface area contributed by atoms with Crippen molar-refractivity contribution < 1.29 is 4.79 Å². The van der Waals surface area contributed by atoms with Gasteiger partial charge in [-0.3, -0.25) is 9.59 Å². The molecule has 0 saturated carbocycles. The number of hydrogen-bond donors (Lipinski definition) is 0. The number of carbonyl (C=O) groups is 1. The van der Waals surface area contributed by atoms with Crippen LogP contribution in [0.4, 0.5) is 0 Å². The van der Waals surface area contributed by atoms with E-state index in [9.17, 15) is 9.59 Å². The fraction of sp³-hybridized carbons (Fsp3) is 0.261. The van der Waals surface area contributed by atoms with Crippen LogP contribution in [0.1, 0.15) is 42.0 Å². The van der Waals surface area contributed by atoms with Gasteiger partial charge in [0.25, 0.3) is 5.91 Å². The highest BCUT2D eigenvalue weighted by atomic mass is 35.5. The van der Waals surface area contributed by atoms with E-state index in [-0.39, 0.29) is 17.6 Å². The monoisotopic (exact) mass is 409 g/mol. The highest BCUT2D eigenvalue weighted by molar-refractivity contribution is 6.32. The lowest BCUT2D eigenvalue weighted by Crippen LogP contribution is -2.41. The topological polar surface area (TPSA) is 55.2 Å². The number of aromatic nitrogens is 2. The third-order valence-electron chi connectivity index (χ3n) is 4.97. The molecule has 1 unspecified atom stereocenters. The number of nitrogens with zero attached hydrogens (tertiary/aromatic N) is 3. The quantitative estimate of drug-likeness (QED) is 0.596. The second kappa shape index (κ2) is 9.05. The summed E-state index contributed by atoms with van der Waals surface area (Å²) in [6.45, 7) is 6.17. The fourth-order valence-electron chi connectivity index (χ4n) is 3.13. The van der Waals surface area contributed by atoms with Crippen LogP contribution >= 0.6 is 11.6 Å². The molecule has 1 aromatic heterocycles. The van der Waals surface area contributed by atoms with Crippen LogP contribution in [0.15, 0.2) is 65.5 Å². The Morgan fingerprint density at radius 2 is 1.79 bits per heavy atom. The standard InChI is InChI=1S/C23H24ClN3O2/c1-4-16(2)26(15-18-10-6-5-7-11-18)23(29)22-21(28)14-17(3)27(25-22)20-13-9-8-12-19(20)24/h5-14,16H,4,15H2,1-3H3. The molecule has 0 spiro atoms. The molecule has 1 atom stereocenters. The maximum Gasteiger partial charge on any atom is 0.278 e. The zero-order valence-electron chi connectivity index (χ0n) is 16.8. The van der Waals surface area contributed by atoms with Gasteiger partial charge in [0.15, 0.2) is 5.69 Å². The van der Waals surface area contributed by atoms with Gasteiger partial charge in [0.05, 0.1) is 10.7 Å². The number of carbonyl (C=O) groups excluding carboxylic acids is 1. The van der Waals surface area contributed by atoms with Gasteiger partial charge >= 0.3 is 0 Å². The van der Waals surface area contributed by atoms with Gasteiger partial charge in [-0.05, 0) is 38.0 Å². The third-order valence-corrected chi connectivity index (χ3v) is 5.29. The Kier molecular flexibility index (Phi) is 6.49. The molecule has 3 rings (SSSR count). The first-order valence-corrected chi connectivity index (χ1v) is 10.0. The molecule has 150 valence electrons. The smallest absolute Gasteiger partial charge is 0.278 e. The molecule has 29 heavy (non-hydrogen) atoms. The first-order chi connectivity index (χ1) is 13.9. The molecule has 0 aliphatic rings.